The molecule has 1 N–H and O–H groups in total. The number of aliphatic carboxylic acids is 1. The zero-order valence-corrected chi connectivity index (χ0v) is 12.2. The van der Waals surface area contributed by atoms with Crippen molar-refractivity contribution in [3.05, 3.63) is 0 Å². The lowest BCUT2D eigenvalue weighted by atomic mass is 9.69. The molecule has 1 aliphatic carbocycles. The normalized spacial score (nSPS) is 35.2. The van der Waals surface area contributed by atoms with Gasteiger partial charge in [0.1, 0.15) is 5.54 Å². The largest absolute Gasteiger partial charge is 0.480 e. The van der Waals surface area contributed by atoms with E-state index in [4.69, 9.17) is 0 Å². The molecule has 2 fully saturated rings. The summed E-state index contributed by atoms with van der Waals surface area (Å²) in [4.78, 5) is 14.0. The third kappa shape index (κ3) is 2.29. The Morgan fingerprint density at radius 1 is 1.33 bits per heavy atom. The van der Waals surface area contributed by atoms with E-state index in [0.717, 1.165) is 32.4 Å². The average Bonchev–Trinajstić information content (AvgIpc) is 2.12. The SMILES string of the molecule is CC1CCCC(C(=O)O)(N2CC(C(C)(C)C)C2)C1. The maximum atomic E-state index is 11.8. The lowest BCUT2D eigenvalue weighted by molar-refractivity contribution is -0.165. The predicted molar refractivity (Wildman–Crippen MR) is 72.5 cm³/mol. The van der Waals surface area contributed by atoms with Crippen LogP contribution in [-0.2, 0) is 4.79 Å². The quantitative estimate of drug-likeness (QED) is 0.822. The van der Waals surface area contributed by atoms with Gasteiger partial charge in [-0.15, -0.1) is 0 Å². The van der Waals surface area contributed by atoms with Crippen molar-refractivity contribution in [1.29, 1.82) is 0 Å². The van der Waals surface area contributed by atoms with Crippen LogP contribution in [0.2, 0.25) is 0 Å². The topological polar surface area (TPSA) is 40.5 Å². The number of hydrogen-bond acceptors (Lipinski definition) is 2. The van der Waals surface area contributed by atoms with E-state index >= 15 is 0 Å². The minimum Gasteiger partial charge on any atom is -0.480 e. The van der Waals surface area contributed by atoms with Crippen LogP contribution < -0.4 is 0 Å². The molecule has 18 heavy (non-hydrogen) atoms. The highest BCUT2D eigenvalue weighted by atomic mass is 16.4. The molecule has 2 atom stereocenters. The summed E-state index contributed by atoms with van der Waals surface area (Å²) >= 11 is 0. The number of carbonyl (C=O) groups is 1. The summed E-state index contributed by atoms with van der Waals surface area (Å²) in [5, 5.41) is 9.69. The fourth-order valence-corrected chi connectivity index (χ4v) is 3.52. The Bertz CT molecular complexity index is 328. The van der Waals surface area contributed by atoms with Gasteiger partial charge < -0.3 is 5.11 Å². The molecule has 0 radical (unpaired) electrons. The molecule has 3 heteroatoms. The lowest BCUT2D eigenvalue weighted by Gasteiger charge is -2.55. The first kappa shape index (κ1) is 13.9. The Morgan fingerprint density at radius 3 is 2.39 bits per heavy atom. The zero-order chi connectivity index (χ0) is 13.6. The molecule has 1 saturated heterocycles. The van der Waals surface area contributed by atoms with Gasteiger partial charge >= 0.3 is 5.97 Å². The molecule has 0 amide bonds. The van der Waals surface area contributed by atoms with Crippen molar-refractivity contribution >= 4 is 5.97 Å². The van der Waals surface area contributed by atoms with E-state index in [1.165, 1.54) is 6.42 Å². The number of nitrogens with zero attached hydrogens (tertiary/aromatic N) is 1. The molecule has 1 aliphatic heterocycles. The molecule has 0 spiro atoms. The van der Waals surface area contributed by atoms with Gasteiger partial charge in [0.25, 0.3) is 0 Å². The summed E-state index contributed by atoms with van der Waals surface area (Å²) in [5.74, 6) is 0.593. The van der Waals surface area contributed by atoms with E-state index in [-0.39, 0.29) is 0 Å². The molecule has 0 bridgehead atoms. The Labute approximate surface area is 111 Å². The number of rotatable bonds is 2. The molecule has 1 heterocycles. The Hall–Kier alpha value is -0.570. The molecule has 1 saturated carbocycles. The first-order chi connectivity index (χ1) is 8.25. The summed E-state index contributed by atoms with van der Waals surface area (Å²) in [6.07, 6.45) is 3.92. The predicted octanol–water partition coefficient (Wildman–Crippen LogP) is 3.00. The highest BCUT2D eigenvalue weighted by Crippen LogP contribution is 2.44. The van der Waals surface area contributed by atoms with Crippen LogP contribution in [0, 0.1) is 17.3 Å². The molecule has 2 rings (SSSR count). The number of hydrogen-bond donors (Lipinski definition) is 1. The fourth-order valence-electron chi connectivity index (χ4n) is 3.52. The second-order valence-electron chi connectivity index (χ2n) is 7.51. The van der Waals surface area contributed by atoms with Crippen molar-refractivity contribution in [1.82, 2.24) is 4.90 Å². The Kier molecular flexibility index (Phi) is 3.48. The van der Waals surface area contributed by atoms with Crippen LogP contribution in [0.5, 0.6) is 0 Å². The standard InChI is InChI=1S/C15H27NO2/c1-11-6-5-7-15(8-11,13(17)18)16-9-12(10-16)14(2,3)4/h11-12H,5-10H2,1-4H3,(H,17,18). The van der Waals surface area contributed by atoms with Crippen LogP contribution in [0.3, 0.4) is 0 Å². The molecular formula is C15H27NO2. The Balaban J connectivity index is 2.07. The maximum Gasteiger partial charge on any atom is 0.324 e. The van der Waals surface area contributed by atoms with E-state index in [1.807, 2.05) is 0 Å². The van der Waals surface area contributed by atoms with Crippen LogP contribution in [0.1, 0.15) is 53.4 Å². The first-order valence-corrected chi connectivity index (χ1v) is 7.24. The smallest absolute Gasteiger partial charge is 0.324 e. The van der Waals surface area contributed by atoms with Crippen molar-refractivity contribution in [2.24, 2.45) is 17.3 Å². The summed E-state index contributed by atoms with van der Waals surface area (Å²) in [5.41, 5.74) is -0.254. The molecule has 2 aliphatic rings. The molecule has 0 aromatic carbocycles. The van der Waals surface area contributed by atoms with Crippen LogP contribution in [-0.4, -0.2) is 34.6 Å². The summed E-state index contributed by atoms with van der Waals surface area (Å²) in [7, 11) is 0. The van der Waals surface area contributed by atoms with Crippen LogP contribution in [0.4, 0.5) is 0 Å². The van der Waals surface area contributed by atoms with Gasteiger partial charge in [-0.3, -0.25) is 9.69 Å². The van der Waals surface area contributed by atoms with Gasteiger partial charge in [0.05, 0.1) is 0 Å². The Morgan fingerprint density at radius 2 is 1.94 bits per heavy atom. The van der Waals surface area contributed by atoms with Gasteiger partial charge in [-0.25, -0.2) is 0 Å². The molecule has 0 aromatic heterocycles. The molecule has 3 nitrogen and oxygen atoms in total. The molecule has 104 valence electrons. The van der Waals surface area contributed by atoms with Gasteiger partial charge in [0.2, 0.25) is 0 Å². The number of carboxylic acids is 1. The molecule has 2 unspecified atom stereocenters. The molecule has 0 aromatic rings. The monoisotopic (exact) mass is 253 g/mol. The van der Waals surface area contributed by atoms with E-state index in [0.29, 0.717) is 17.3 Å². The lowest BCUT2D eigenvalue weighted by Crippen LogP contribution is -2.66. The van der Waals surface area contributed by atoms with Crippen molar-refractivity contribution in [3.8, 4) is 0 Å². The minimum atomic E-state index is -0.596. The third-order valence-electron chi connectivity index (χ3n) is 5.08. The van der Waals surface area contributed by atoms with Crippen molar-refractivity contribution in [3.63, 3.8) is 0 Å². The maximum absolute atomic E-state index is 11.8. The highest BCUT2D eigenvalue weighted by Gasteiger charge is 2.52. The summed E-state index contributed by atoms with van der Waals surface area (Å²) < 4.78 is 0. The van der Waals surface area contributed by atoms with E-state index in [9.17, 15) is 9.90 Å². The number of carboxylic acid groups (broad SMARTS) is 1. The highest BCUT2D eigenvalue weighted by molar-refractivity contribution is 5.79. The van der Waals surface area contributed by atoms with E-state index in [2.05, 4.69) is 32.6 Å². The second-order valence-corrected chi connectivity index (χ2v) is 7.51. The summed E-state index contributed by atoms with van der Waals surface area (Å²) in [6, 6.07) is 0. The molecular weight excluding hydrogens is 226 g/mol. The number of likely N-dealkylation sites (tertiary alicyclic amines) is 1. The van der Waals surface area contributed by atoms with Gasteiger partial charge in [0, 0.05) is 13.1 Å². The van der Waals surface area contributed by atoms with Gasteiger partial charge in [-0.1, -0.05) is 40.5 Å². The third-order valence-corrected chi connectivity index (χ3v) is 5.08. The second kappa shape index (κ2) is 4.52. The van der Waals surface area contributed by atoms with E-state index < -0.39 is 11.5 Å². The van der Waals surface area contributed by atoms with Crippen LogP contribution in [0.25, 0.3) is 0 Å². The van der Waals surface area contributed by atoms with Crippen LogP contribution >= 0.6 is 0 Å². The van der Waals surface area contributed by atoms with Gasteiger partial charge in [0.15, 0.2) is 0 Å². The summed E-state index contributed by atoms with van der Waals surface area (Å²) in [6.45, 7) is 10.9. The average molecular weight is 253 g/mol. The zero-order valence-electron chi connectivity index (χ0n) is 12.2. The van der Waals surface area contributed by atoms with E-state index in [1.54, 1.807) is 0 Å². The van der Waals surface area contributed by atoms with Crippen molar-refractivity contribution in [2.45, 2.75) is 58.9 Å². The van der Waals surface area contributed by atoms with Crippen molar-refractivity contribution in [2.75, 3.05) is 13.1 Å². The fraction of sp³-hybridized carbons (Fsp3) is 0.933. The van der Waals surface area contributed by atoms with Gasteiger partial charge in [-0.2, -0.15) is 0 Å². The minimum absolute atomic E-state index is 0.302. The van der Waals surface area contributed by atoms with Crippen LogP contribution in [0.15, 0.2) is 0 Å². The van der Waals surface area contributed by atoms with Gasteiger partial charge in [-0.05, 0) is 30.1 Å². The first-order valence-electron chi connectivity index (χ1n) is 7.24. The van der Waals surface area contributed by atoms with Crippen molar-refractivity contribution < 1.29 is 9.90 Å².